The molecular formula is C23H18BrFN4O. The first-order valence-corrected chi connectivity index (χ1v) is 10.1. The zero-order valence-electron chi connectivity index (χ0n) is 16.4. The van der Waals surface area contributed by atoms with Gasteiger partial charge in [0.25, 0.3) is 5.91 Å². The number of aryl methyl sites for hydroxylation is 1. The highest BCUT2D eigenvalue weighted by molar-refractivity contribution is 9.10. The lowest BCUT2D eigenvalue weighted by Gasteiger charge is -2.11. The topological polar surface area (TPSA) is 59.8 Å². The van der Waals surface area contributed by atoms with Crippen LogP contribution in [0.4, 0.5) is 10.1 Å². The van der Waals surface area contributed by atoms with Crippen molar-refractivity contribution in [2.24, 2.45) is 0 Å². The Morgan fingerprint density at radius 3 is 2.50 bits per heavy atom. The van der Waals surface area contributed by atoms with Crippen molar-refractivity contribution in [1.29, 1.82) is 0 Å². The van der Waals surface area contributed by atoms with Crippen molar-refractivity contribution in [1.82, 2.24) is 14.8 Å². The van der Waals surface area contributed by atoms with Crippen LogP contribution in [-0.4, -0.2) is 20.7 Å². The van der Waals surface area contributed by atoms with Crippen molar-refractivity contribution in [3.05, 3.63) is 94.0 Å². The number of carbonyl (C=O) groups excluding carboxylic acids is 1. The summed E-state index contributed by atoms with van der Waals surface area (Å²) >= 11 is 3.44. The smallest absolute Gasteiger partial charge is 0.295 e. The van der Waals surface area contributed by atoms with Gasteiger partial charge in [-0.2, -0.15) is 0 Å². The summed E-state index contributed by atoms with van der Waals surface area (Å²) in [6, 6.07) is 19.2. The third-order valence-electron chi connectivity index (χ3n) is 4.80. The fraction of sp³-hybridized carbons (Fsp3) is 0.0870. The maximum atomic E-state index is 13.5. The second kappa shape index (κ2) is 8.20. The molecule has 0 fully saturated rings. The number of nitrogens with one attached hydrogen (secondary N) is 1. The van der Waals surface area contributed by atoms with E-state index in [4.69, 9.17) is 0 Å². The number of benzene rings is 3. The van der Waals surface area contributed by atoms with E-state index in [-0.39, 0.29) is 5.82 Å². The van der Waals surface area contributed by atoms with Crippen LogP contribution >= 0.6 is 15.9 Å². The van der Waals surface area contributed by atoms with Crippen molar-refractivity contribution in [2.75, 3.05) is 5.32 Å². The summed E-state index contributed by atoms with van der Waals surface area (Å²) in [6.07, 6.45) is 0. The lowest BCUT2D eigenvalue weighted by molar-refractivity contribution is 0.101. The van der Waals surface area contributed by atoms with E-state index in [9.17, 15) is 9.18 Å². The van der Waals surface area contributed by atoms with Gasteiger partial charge in [-0.3, -0.25) is 4.79 Å². The van der Waals surface area contributed by atoms with Crippen molar-refractivity contribution >= 4 is 27.5 Å². The number of nitrogens with zero attached hydrogens (tertiary/aromatic N) is 3. The van der Waals surface area contributed by atoms with E-state index >= 15 is 0 Å². The Balaban J connectivity index is 1.80. The van der Waals surface area contributed by atoms with Gasteiger partial charge in [-0.1, -0.05) is 46.3 Å². The molecule has 0 bridgehead atoms. The first-order valence-electron chi connectivity index (χ1n) is 9.29. The number of hydrogen-bond acceptors (Lipinski definition) is 3. The number of amides is 1. The van der Waals surface area contributed by atoms with E-state index in [1.54, 1.807) is 10.7 Å². The molecule has 7 heteroatoms. The average Bonchev–Trinajstić information content (AvgIpc) is 3.16. The molecule has 1 heterocycles. The summed E-state index contributed by atoms with van der Waals surface area (Å²) < 4.78 is 16.1. The molecule has 0 atom stereocenters. The number of anilines is 1. The van der Waals surface area contributed by atoms with Gasteiger partial charge in [-0.05, 0) is 61.4 Å². The Labute approximate surface area is 181 Å². The SMILES string of the molecule is Cc1cccc(-n2nc(C(=O)Nc3cccc(F)c3)nc2-c2ccc(Br)cc2)c1C. The van der Waals surface area contributed by atoms with E-state index in [1.165, 1.54) is 18.2 Å². The lowest BCUT2D eigenvalue weighted by Crippen LogP contribution is -2.14. The molecule has 0 spiro atoms. The molecule has 0 unspecified atom stereocenters. The third kappa shape index (κ3) is 4.02. The molecule has 1 aromatic heterocycles. The zero-order valence-corrected chi connectivity index (χ0v) is 17.9. The van der Waals surface area contributed by atoms with Gasteiger partial charge in [0.05, 0.1) is 5.69 Å². The van der Waals surface area contributed by atoms with E-state index in [0.717, 1.165) is 26.9 Å². The highest BCUT2D eigenvalue weighted by Crippen LogP contribution is 2.26. The second-order valence-electron chi connectivity index (χ2n) is 6.86. The average molecular weight is 465 g/mol. The van der Waals surface area contributed by atoms with Crippen LogP contribution in [0.1, 0.15) is 21.7 Å². The van der Waals surface area contributed by atoms with Crippen LogP contribution in [0.5, 0.6) is 0 Å². The molecule has 30 heavy (non-hydrogen) atoms. The second-order valence-corrected chi connectivity index (χ2v) is 7.78. The third-order valence-corrected chi connectivity index (χ3v) is 5.33. The molecule has 4 aromatic rings. The first-order chi connectivity index (χ1) is 14.4. The van der Waals surface area contributed by atoms with Gasteiger partial charge in [0.1, 0.15) is 5.82 Å². The molecule has 0 saturated carbocycles. The van der Waals surface area contributed by atoms with Crippen molar-refractivity contribution < 1.29 is 9.18 Å². The molecule has 1 N–H and O–H groups in total. The number of halogens is 2. The fourth-order valence-electron chi connectivity index (χ4n) is 3.08. The van der Waals surface area contributed by atoms with Gasteiger partial charge in [0.15, 0.2) is 5.82 Å². The van der Waals surface area contributed by atoms with Crippen LogP contribution in [0.2, 0.25) is 0 Å². The molecule has 1 amide bonds. The number of hydrogen-bond donors (Lipinski definition) is 1. The molecule has 0 aliphatic heterocycles. The van der Waals surface area contributed by atoms with Gasteiger partial charge in [0.2, 0.25) is 5.82 Å². The van der Waals surface area contributed by atoms with E-state index < -0.39 is 11.7 Å². The maximum Gasteiger partial charge on any atom is 0.295 e. The predicted octanol–water partition coefficient (Wildman–Crippen LogP) is 5.71. The minimum Gasteiger partial charge on any atom is -0.319 e. The van der Waals surface area contributed by atoms with Gasteiger partial charge >= 0.3 is 0 Å². The van der Waals surface area contributed by atoms with Gasteiger partial charge in [-0.15, -0.1) is 5.10 Å². The number of aromatic nitrogens is 3. The van der Waals surface area contributed by atoms with Crippen LogP contribution in [0, 0.1) is 19.7 Å². The predicted molar refractivity (Wildman–Crippen MR) is 118 cm³/mol. The largest absolute Gasteiger partial charge is 0.319 e. The highest BCUT2D eigenvalue weighted by atomic mass is 79.9. The number of carbonyl (C=O) groups is 1. The minimum absolute atomic E-state index is 0.00177. The normalized spacial score (nSPS) is 10.8. The van der Waals surface area contributed by atoms with Crippen molar-refractivity contribution in [3.63, 3.8) is 0 Å². The van der Waals surface area contributed by atoms with Gasteiger partial charge in [0, 0.05) is 15.7 Å². The Hall–Kier alpha value is -3.32. The summed E-state index contributed by atoms with van der Waals surface area (Å²) in [5.41, 5.74) is 4.14. The molecule has 4 rings (SSSR count). The van der Waals surface area contributed by atoms with Gasteiger partial charge in [-0.25, -0.2) is 14.1 Å². The molecular weight excluding hydrogens is 447 g/mol. The summed E-state index contributed by atoms with van der Waals surface area (Å²) in [6.45, 7) is 4.02. The molecule has 0 saturated heterocycles. The van der Waals surface area contributed by atoms with Gasteiger partial charge < -0.3 is 5.32 Å². The van der Waals surface area contributed by atoms with E-state index in [2.05, 4.69) is 31.3 Å². The van der Waals surface area contributed by atoms with Crippen LogP contribution in [-0.2, 0) is 0 Å². The van der Waals surface area contributed by atoms with Crippen LogP contribution in [0.25, 0.3) is 17.1 Å². The van der Waals surface area contributed by atoms with Crippen LogP contribution < -0.4 is 5.32 Å². The van der Waals surface area contributed by atoms with Crippen molar-refractivity contribution in [2.45, 2.75) is 13.8 Å². The molecule has 0 aliphatic carbocycles. The molecule has 0 radical (unpaired) electrons. The quantitative estimate of drug-likeness (QED) is 0.420. The van der Waals surface area contributed by atoms with Crippen LogP contribution in [0.3, 0.4) is 0 Å². The standard InChI is InChI=1S/C23H18BrFN4O/c1-14-5-3-8-20(15(14)2)29-22(16-9-11-17(24)12-10-16)27-21(28-29)23(30)26-19-7-4-6-18(25)13-19/h3-13H,1-2H3,(H,26,30). The van der Waals surface area contributed by atoms with Crippen molar-refractivity contribution in [3.8, 4) is 17.1 Å². The summed E-state index contributed by atoms with van der Waals surface area (Å²) in [4.78, 5) is 17.3. The molecule has 5 nitrogen and oxygen atoms in total. The zero-order chi connectivity index (χ0) is 21.3. The van der Waals surface area contributed by atoms with E-state index in [0.29, 0.717) is 11.5 Å². The maximum absolute atomic E-state index is 13.5. The molecule has 3 aromatic carbocycles. The summed E-state index contributed by atoms with van der Waals surface area (Å²) in [5, 5.41) is 7.14. The lowest BCUT2D eigenvalue weighted by atomic mass is 10.1. The number of rotatable bonds is 4. The Kier molecular flexibility index (Phi) is 5.46. The fourth-order valence-corrected chi connectivity index (χ4v) is 3.34. The molecule has 150 valence electrons. The summed E-state index contributed by atoms with van der Waals surface area (Å²) in [5.74, 6) is -0.404. The van der Waals surface area contributed by atoms with Crippen LogP contribution in [0.15, 0.2) is 71.2 Å². The summed E-state index contributed by atoms with van der Waals surface area (Å²) in [7, 11) is 0. The van der Waals surface area contributed by atoms with E-state index in [1.807, 2.05) is 56.3 Å². The minimum atomic E-state index is -0.511. The Morgan fingerprint density at radius 2 is 1.77 bits per heavy atom. The first kappa shape index (κ1) is 20.0. The Morgan fingerprint density at radius 1 is 1.03 bits per heavy atom. The highest BCUT2D eigenvalue weighted by Gasteiger charge is 2.20. The Bertz CT molecular complexity index is 1230. The molecule has 0 aliphatic rings. The monoisotopic (exact) mass is 464 g/mol.